The monoisotopic (exact) mass is 367 g/mol. The Morgan fingerprint density at radius 1 is 1.15 bits per heavy atom. The Morgan fingerprint density at radius 2 is 1.88 bits per heavy atom. The maximum Gasteiger partial charge on any atom is 0.262 e. The topological polar surface area (TPSA) is 64.0 Å². The standard InChI is InChI=1S/C20H21N3O2S/c1-3-12-23-19(25)16-6-4-5-7-17(16)22-20(23)26-13-18(24)21-15-10-8-14(2)9-11-15/h4-11H,3,12-13H2,1-2H3,(H,21,24). The van der Waals surface area contributed by atoms with Crippen molar-refractivity contribution in [1.82, 2.24) is 9.55 Å². The van der Waals surface area contributed by atoms with Crippen molar-refractivity contribution in [3.63, 3.8) is 0 Å². The Morgan fingerprint density at radius 3 is 2.62 bits per heavy atom. The van der Waals surface area contributed by atoms with Crippen molar-refractivity contribution in [2.24, 2.45) is 0 Å². The fraction of sp³-hybridized carbons (Fsp3) is 0.250. The van der Waals surface area contributed by atoms with Crippen LogP contribution in [0.1, 0.15) is 18.9 Å². The number of para-hydroxylation sites is 1. The molecule has 3 rings (SSSR count). The van der Waals surface area contributed by atoms with Gasteiger partial charge in [-0.15, -0.1) is 0 Å². The summed E-state index contributed by atoms with van der Waals surface area (Å²) in [6, 6.07) is 15.0. The molecule has 1 aromatic heterocycles. The number of carbonyl (C=O) groups is 1. The van der Waals surface area contributed by atoms with Crippen LogP contribution >= 0.6 is 11.8 Å². The summed E-state index contributed by atoms with van der Waals surface area (Å²) < 4.78 is 1.66. The molecule has 3 aromatic rings. The van der Waals surface area contributed by atoms with Gasteiger partial charge in [-0.25, -0.2) is 4.98 Å². The highest BCUT2D eigenvalue weighted by molar-refractivity contribution is 7.99. The number of benzene rings is 2. The summed E-state index contributed by atoms with van der Waals surface area (Å²) in [6.07, 6.45) is 0.822. The van der Waals surface area contributed by atoms with Gasteiger partial charge in [0.25, 0.3) is 5.56 Å². The van der Waals surface area contributed by atoms with Crippen molar-refractivity contribution in [2.75, 3.05) is 11.1 Å². The van der Waals surface area contributed by atoms with E-state index in [1.165, 1.54) is 11.8 Å². The van der Waals surface area contributed by atoms with E-state index in [9.17, 15) is 9.59 Å². The molecule has 0 saturated heterocycles. The van der Waals surface area contributed by atoms with Crippen LogP contribution in [0.3, 0.4) is 0 Å². The van der Waals surface area contributed by atoms with Crippen LogP contribution in [0.15, 0.2) is 58.5 Å². The second kappa shape index (κ2) is 8.19. The number of anilines is 1. The molecule has 0 radical (unpaired) electrons. The van der Waals surface area contributed by atoms with Crippen molar-refractivity contribution in [3.05, 3.63) is 64.4 Å². The number of amides is 1. The highest BCUT2D eigenvalue weighted by Gasteiger charge is 2.12. The molecule has 134 valence electrons. The van der Waals surface area contributed by atoms with Gasteiger partial charge in [0, 0.05) is 12.2 Å². The quantitative estimate of drug-likeness (QED) is 0.531. The van der Waals surface area contributed by atoms with Crippen LogP contribution in [0.25, 0.3) is 10.9 Å². The fourth-order valence-corrected chi connectivity index (χ4v) is 3.47. The lowest BCUT2D eigenvalue weighted by Crippen LogP contribution is -2.24. The van der Waals surface area contributed by atoms with Crippen molar-refractivity contribution in [3.8, 4) is 0 Å². The van der Waals surface area contributed by atoms with Gasteiger partial charge in [0.15, 0.2) is 5.16 Å². The lowest BCUT2D eigenvalue weighted by molar-refractivity contribution is -0.113. The first-order valence-electron chi connectivity index (χ1n) is 8.57. The second-order valence-corrected chi connectivity index (χ2v) is 7.01. The van der Waals surface area contributed by atoms with Crippen LogP contribution in [0.5, 0.6) is 0 Å². The first-order chi connectivity index (χ1) is 12.6. The van der Waals surface area contributed by atoms with Gasteiger partial charge in [-0.05, 0) is 37.6 Å². The van der Waals surface area contributed by atoms with Gasteiger partial charge in [0.2, 0.25) is 5.91 Å². The molecule has 0 atom stereocenters. The van der Waals surface area contributed by atoms with Gasteiger partial charge in [-0.3, -0.25) is 14.2 Å². The maximum absolute atomic E-state index is 12.7. The largest absolute Gasteiger partial charge is 0.325 e. The Kier molecular flexibility index (Phi) is 5.73. The number of aromatic nitrogens is 2. The van der Waals surface area contributed by atoms with Gasteiger partial charge in [0.1, 0.15) is 0 Å². The summed E-state index contributed by atoms with van der Waals surface area (Å²) in [5.74, 6) is 0.0758. The van der Waals surface area contributed by atoms with Crippen LogP contribution in [0, 0.1) is 6.92 Å². The van der Waals surface area contributed by atoms with Gasteiger partial charge in [0.05, 0.1) is 16.7 Å². The third-order valence-electron chi connectivity index (χ3n) is 3.94. The Labute approximate surface area is 156 Å². The number of hydrogen-bond acceptors (Lipinski definition) is 4. The van der Waals surface area contributed by atoms with E-state index in [0.717, 1.165) is 17.7 Å². The maximum atomic E-state index is 12.7. The normalized spacial score (nSPS) is 10.8. The summed E-state index contributed by atoms with van der Waals surface area (Å²) in [7, 11) is 0. The number of carbonyl (C=O) groups excluding carboxylic acids is 1. The molecule has 0 aliphatic carbocycles. The van der Waals surface area contributed by atoms with Crippen molar-refractivity contribution >= 4 is 34.3 Å². The lowest BCUT2D eigenvalue weighted by atomic mass is 10.2. The smallest absolute Gasteiger partial charge is 0.262 e. The molecule has 1 heterocycles. The third kappa shape index (κ3) is 4.14. The number of rotatable bonds is 6. The predicted molar refractivity (Wildman–Crippen MR) is 107 cm³/mol. The van der Waals surface area contributed by atoms with Crippen LogP contribution in [0.2, 0.25) is 0 Å². The average Bonchev–Trinajstić information content (AvgIpc) is 2.64. The van der Waals surface area contributed by atoms with Gasteiger partial charge in [-0.2, -0.15) is 0 Å². The first kappa shape index (κ1) is 18.2. The molecule has 0 aliphatic rings. The molecule has 5 nitrogen and oxygen atoms in total. The lowest BCUT2D eigenvalue weighted by Gasteiger charge is -2.12. The van der Waals surface area contributed by atoms with E-state index in [1.807, 2.05) is 56.3 Å². The van der Waals surface area contributed by atoms with E-state index in [-0.39, 0.29) is 17.2 Å². The summed E-state index contributed by atoms with van der Waals surface area (Å²) in [6.45, 7) is 4.60. The minimum absolute atomic E-state index is 0.0566. The second-order valence-electron chi connectivity index (χ2n) is 6.07. The van der Waals surface area contributed by atoms with Crippen LogP contribution < -0.4 is 10.9 Å². The SMILES string of the molecule is CCCn1c(SCC(=O)Nc2ccc(C)cc2)nc2ccccc2c1=O. The van der Waals surface area contributed by atoms with E-state index in [2.05, 4.69) is 10.3 Å². The fourth-order valence-electron chi connectivity index (χ4n) is 2.64. The highest BCUT2D eigenvalue weighted by atomic mass is 32.2. The molecule has 2 aromatic carbocycles. The molecular weight excluding hydrogens is 346 g/mol. The minimum Gasteiger partial charge on any atom is -0.325 e. The molecule has 0 unspecified atom stereocenters. The van der Waals surface area contributed by atoms with Gasteiger partial charge >= 0.3 is 0 Å². The third-order valence-corrected chi connectivity index (χ3v) is 4.92. The molecule has 0 spiro atoms. The molecule has 1 N–H and O–H groups in total. The zero-order chi connectivity index (χ0) is 18.5. The van der Waals surface area contributed by atoms with E-state index < -0.39 is 0 Å². The molecule has 6 heteroatoms. The Balaban J connectivity index is 1.79. The van der Waals surface area contributed by atoms with E-state index in [1.54, 1.807) is 10.6 Å². The number of fused-ring (bicyclic) bond motifs is 1. The van der Waals surface area contributed by atoms with Crippen molar-refractivity contribution < 1.29 is 4.79 Å². The molecular formula is C20H21N3O2S. The zero-order valence-electron chi connectivity index (χ0n) is 14.9. The Hall–Kier alpha value is -2.60. The van der Waals surface area contributed by atoms with Crippen molar-refractivity contribution in [2.45, 2.75) is 32.0 Å². The summed E-state index contributed by atoms with van der Waals surface area (Å²) in [4.78, 5) is 29.5. The zero-order valence-corrected chi connectivity index (χ0v) is 15.7. The van der Waals surface area contributed by atoms with E-state index in [4.69, 9.17) is 0 Å². The molecule has 0 saturated carbocycles. The van der Waals surface area contributed by atoms with E-state index >= 15 is 0 Å². The number of aryl methyl sites for hydroxylation is 1. The van der Waals surface area contributed by atoms with Gasteiger partial charge < -0.3 is 5.32 Å². The van der Waals surface area contributed by atoms with Crippen LogP contribution in [-0.4, -0.2) is 21.2 Å². The molecule has 0 fully saturated rings. The molecule has 0 bridgehead atoms. The summed E-state index contributed by atoms with van der Waals surface area (Å²) in [5, 5.41) is 4.05. The molecule has 0 aliphatic heterocycles. The van der Waals surface area contributed by atoms with Crippen LogP contribution in [-0.2, 0) is 11.3 Å². The highest BCUT2D eigenvalue weighted by Crippen LogP contribution is 2.19. The number of nitrogens with one attached hydrogen (secondary N) is 1. The Bertz CT molecular complexity index is 981. The summed E-state index contributed by atoms with van der Waals surface area (Å²) >= 11 is 1.29. The first-order valence-corrected chi connectivity index (χ1v) is 9.56. The number of nitrogens with zero attached hydrogens (tertiary/aromatic N) is 2. The molecule has 26 heavy (non-hydrogen) atoms. The van der Waals surface area contributed by atoms with Crippen molar-refractivity contribution in [1.29, 1.82) is 0 Å². The number of thioether (sulfide) groups is 1. The summed E-state index contributed by atoms with van der Waals surface area (Å²) in [5.41, 5.74) is 2.50. The van der Waals surface area contributed by atoms with Crippen LogP contribution in [0.4, 0.5) is 5.69 Å². The average molecular weight is 367 g/mol. The van der Waals surface area contributed by atoms with Gasteiger partial charge in [-0.1, -0.05) is 48.5 Å². The molecule has 1 amide bonds. The number of hydrogen-bond donors (Lipinski definition) is 1. The minimum atomic E-state index is -0.121. The predicted octanol–water partition coefficient (Wildman–Crippen LogP) is 3.85. The van der Waals surface area contributed by atoms with E-state index in [0.29, 0.717) is 22.6 Å².